The van der Waals surface area contributed by atoms with E-state index in [1.54, 1.807) is 31.2 Å². The summed E-state index contributed by atoms with van der Waals surface area (Å²) in [5, 5.41) is 17.2. The van der Waals surface area contributed by atoms with Crippen molar-refractivity contribution in [3.63, 3.8) is 0 Å². The van der Waals surface area contributed by atoms with Crippen molar-refractivity contribution in [3.05, 3.63) is 81.9 Å². The molecule has 0 saturated carbocycles. The maximum absolute atomic E-state index is 13.5. The standard InChI is InChI=1S/C24H18N4O4S/c1-13-18(20(28-32-13)14-8-4-3-5-9-14)21(29)22-19(26)16(12-25)23(33-22)27-17-11-7-6-10-15(17)24(30)31-2/h3-11,27H,26H2,1-2H3. The summed E-state index contributed by atoms with van der Waals surface area (Å²) in [7, 11) is 1.28. The topological polar surface area (TPSA) is 131 Å². The van der Waals surface area contributed by atoms with E-state index in [9.17, 15) is 14.9 Å². The summed E-state index contributed by atoms with van der Waals surface area (Å²) in [5.41, 5.74) is 8.48. The number of para-hydroxylation sites is 1. The second-order valence-corrected chi connectivity index (χ2v) is 8.00. The van der Waals surface area contributed by atoms with Crippen molar-refractivity contribution in [1.29, 1.82) is 5.26 Å². The number of carbonyl (C=O) groups is 2. The Labute approximate surface area is 193 Å². The van der Waals surface area contributed by atoms with Gasteiger partial charge in [0, 0.05) is 5.56 Å². The summed E-state index contributed by atoms with van der Waals surface area (Å²) < 4.78 is 10.1. The van der Waals surface area contributed by atoms with E-state index in [1.165, 1.54) is 7.11 Å². The third-order valence-corrected chi connectivity index (χ3v) is 6.10. The van der Waals surface area contributed by atoms with Gasteiger partial charge in [0.1, 0.15) is 33.0 Å². The molecule has 0 aliphatic rings. The number of anilines is 3. The van der Waals surface area contributed by atoms with Crippen molar-refractivity contribution >= 4 is 39.5 Å². The van der Waals surface area contributed by atoms with E-state index in [2.05, 4.69) is 10.5 Å². The monoisotopic (exact) mass is 458 g/mol. The molecule has 0 bridgehead atoms. The predicted molar refractivity (Wildman–Crippen MR) is 125 cm³/mol. The minimum atomic E-state index is -0.537. The first kappa shape index (κ1) is 21.8. The molecule has 0 atom stereocenters. The van der Waals surface area contributed by atoms with Crippen LogP contribution in [-0.2, 0) is 4.74 Å². The fourth-order valence-corrected chi connectivity index (χ4v) is 4.39. The summed E-state index contributed by atoms with van der Waals surface area (Å²) in [6.07, 6.45) is 0. The Balaban J connectivity index is 1.78. The van der Waals surface area contributed by atoms with Gasteiger partial charge in [-0.2, -0.15) is 5.26 Å². The minimum absolute atomic E-state index is 0.0464. The van der Waals surface area contributed by atoms with Crippen LogP contribution in [0.5, 0.6) is 0 Å². The van der Waals surface area contributed by atoms with Crippen molar-refractivity contribution in [2.45, 2.75) is 6.92 Å². The van der Waals surface area contributed by atoms with Crippen LogP contribution in [0.4, 0.5) is 16.4 Å². The molecule has 4 rings (SSSR count). The maximum Gasteiger partial charge on any atom is 0.339 e. The summed E-state index contributed by atoms with van der Waals surface area (Å²) in [6.45, 7) is 1.65. The second-order valence-electron chi connectivity index (χ2n) is 6.98. The second kappa shape index (κ2) is 8.98. The molecule has 2 aromatic carbocycles. The lowest BCUT2D eigenvalue weighted by molar-refractivity contribution is 0.0601. The molecular weight excluding hydrogens is 440 g/mol. The van der Waals surface area contributed by atoms with Gasteiger partial charge in [-0.05, 0) is 19.1 Å². The first-order valence-corrected chi connectivity index (χ1v) is 10.6. The lowest BCUT2D eigenvalue weighted by atomic mass is 10.0. The third-order valence-electron chi connectivity index (χ3n) is 4.98. The van der Waals surface area contributed by atoms with Gasteiger partial charge in [-0.3, -0.25) is 4.79 Å². The molecule has 0 aliphatic carbocycles. The van der Waals surface area contributed by atoms with Crippen molar-refractivity contribution in [1.82, 2.24) is 5.16 Å². The van der Waals surface area contributed by atoms with Crippen LogP contribution in [0.15, 0.2) is 59.1 Å². The predicted octanol–water partition coefficient (Wildman–Crippen LogP) is 4.93. The minimum Gasteiger partial charge on any atom is -0.465 e. The first-order chi connectivity index (χ1) is 16.0. The number of nitrogens with one attached hydrogen (secondary N) is 1. The average molecular weight is 458 g/mol. The summed E-state index contributed by atoms with van der Waals surface area (Å²) >= 11 is 1.02. The highest BCUT2D eigenvalue weighted by Gasteiger charge is 2.29. The summed E-state index contributed by atoms with van der Waals surface area (Å²) in [6, 6.07) is 17.9. The molecule has 0 saturated heterocycles. The number of nitriles is 1. The fraction of sp³-hybridized carbons (Fsp3) is 0.0833. The third kappa shape index (κ3) is 3.95. The van der Waals surface area contributed by atoms with Crippen LogP contribution < -0.4 is 11.1 Å². The molecule has 2 heterocycles. The number of aromatic nitrogens is 1. The van der Waals surface area contributed by atoms with Crippen LogP contribution in [0.1, 0.15) is 36.9 Å². The molecular formula is C24H18N4O4S. The van der Waals surface area contributed by atoms with E-state index in [1.807, 2.05) is 36.4 Å². The largest absolute Gasteiger partial charge is 0.465 e. The normalized spacial score (nSPS) is 10.5. The Morgan fingerprint density at radius 1 is 1.15 bits per heavy atom. The number of carbonyl (C=O) groups excluding carboxylic acids is 2. The first-order valence-electron chi connectivity index (χ1n) is 9.79. The van der Waals surface area contributed by atoms with Gasteiger partial charge < -0.3 is 20.3 Å². The van der Waals surface area contributed by atoms with Gasteiger partial charge in [0.25, 0.3) is 0 Å². The van der Waals surface area contributed by atoms with Gasteiger partial charge in [0.05, 0.1) is 29.6 Å². The molecule has 0 fully saturated rings. The van der Waals surface area contributed by atoms with Gasteiger partial charge in [-0.15, -0.1) is 11.3 Å². The molecule has 8 nitrogen and oxygen atoms in total. The quantitative estimate of drug-likeness (QED) is 0.307. The van der Waals surface area contributed by atoms with E-state index in [-0.39, 0.29) is 27.3 Å². The summed E-state index contributed by atoms with van der Waals surface area (Å²) in [4.78, 5) is 25.8. The highest BCUT2D eigenvalue weighted by Crippen LogP contribution is 2.40. The average Bonchev–Trinajstić information content (AvgIpc) is 3.38. The molecule has 164 valence electrons. The van der Waals surface area contributed by atoms with Crippen molar-refractivity contribution < 1.29 is 18.8 Å². The van der Waals surface area contributed by atoms with Crippen LogP contribution in [0, 0.1) is 18.3 Å². The molecule has 33 heavy (non-hydrogen) atoms. The van der Waals surface area contributed by atoms with Crippen molar-refractivity contribution in [2.24, 2.45) is 0 Å². The van der Waals surface area contributed by atoms with E-state index in [4.69, 9.17) is 15.0 Å². The molecule has 2 aromatic heterocycles. The SMILES string of the molecule is COC(=O)c1ccccc1Nc1sc(C(=O)c2c(-c3ccccc3)noc2C)c(N)c1C#N. The lowest BCUT2D eigenvalue weighted by Gasteiger charge is -2.09. The Hall–Kier alpha value is -4.42. The number of benzene rings is 2. The molecule has 0 radical (unpaired) electrons. The zero-order valence-corrected chi connectivity index (χ0v) is 18.5. The number of thiophene rings is 1. The highest BCUT2D eigenvalue weighted by atomic mass is 32.1. The van der Waals surface area contributed by atoms with Crippen LogP contribution in [0.3, 0.4) is 0 Å². The number of rotatable bonds is 6. The Kier molecular flexibility index (Phi) is 5.93. The van der Waals surface area contributed by atoms with Gasteiger partial charge in [0.2, 0.25) is 5.78 Å². The van der Waals surface area contributed by atoms with Crippen LogP contribution >= 0.6 is 11.3 Å². The number of nitrogens with two attached hydrogens (primary N) is 1. The van der Waals surface area contributed by atoms with Crippen LogP contribution in [0.25, 0.3) is 11.3 Å². The highest BCUT2D eigenvalue weighted by molar-refractivity contribution is 7.19. The number of methoxy groups -OCH3 is 1. The van der Waals surface area contributed by atoms with Gasteiger partial charge in [-0.1, -0.05) is 47.6 Å². The molecule has 9 heteroatoms. The van der Waals surface area contributed by atoms with E-state index in [0.29, 0.717) is 22.1 Å². The van der Waals surface area contributed by atoms with E-state index >= 15 is 0 Å². The van der Waals surface area contributed by atoms with Crippen LogP contribution in [-0.4, -0.2) is 24.0 Å². The number of hydrogen-bond acceptors (Lipinski definition) is 9. The lowest BCUT2D eigenvalue weighted by Crippen LogP contribution is -2.05. The van der Waals surface area contributed by atoms with Gasteiger partial charge in [-0.25, -0.2) is 4.79 Å². The number of aryl methyl sites for hydroxylation is 1. The van der Waals surface area contributed by atoms with Crippen LogP contribution in [0.2, 0.25) is 0 Å². The van der Waals surface area contributed by atoms with Crippen molar-refractivity contribution in [3.8, 4) is 17.3 Å². The van der Waals surface area contributed by atoms with Crippen molar-refractivity contribution in [2.75, 3.05) is 18.2 Å². The van der Waals surface area contributed by atoms with E-state index in [0.717, 1.165) is 16.9 Å². The fourth-order valence-electron chi connectivity index (χ4n) is 3.36. The Morgan fingerprint density at radius 3 is 2.55 bits per heavy atom. The number of ketones is 1. The number of nitrogens with zero attached hydrogens (tertiary/aromatic N) is 2. The molecule has 3 N–H and O–H groups in total. The molecule has 4 aromatic rings. The van der Waals surface area contributed by atoms with Gasteiger partial charge >= 0.3 is 5.97 Å². The number of nitrogen functional groups attached to an aromatic ring is 1. The molecule has 0 aliphatic heterocycles. The number of ether oxygens (including phenoxy) is 1. The molecule has 0 spiro atoms. The van der Waals surface area contributed by atoms with Gasteiger partial charge in [0.15, 0.2) is 0 Å². The maximum atomic E-state index is 13.5. The van der Waals surface area contributed by atoms with E-state index < -0.39 is 11.8 Å². The molecule has 0 unspecified atom stereocenters. The Bertz CT molecular complexity index is 1400. The Morgan fingerprint density at radius 2 is 1.85 bits per heavy atom. The smallest absolute Gasteiger partial charge is 0.339 e. The summed E-state index contributed by atoms with van der Waals surface area (Å²) in [5.74, 6) is -0.596. The number of esters is 1. The molecule has 0 amide bonds. The zero-order chi connectivity index (χ0) is 23.5. The zero-order valence-electron chi connectivity index (χ0n) is 17.7. The number of hydrogen-bond donors (Lipinski definition) is 2.